The van der Waals surface area contributed by atoms with Gasteiger partial charge in [0.2, 0.25) is 0 Å². The summed E-state index contributed by atoms with van der Waals surface area (Å²) in [6.07, 6.45) is 5.56. The van der Waals surface area contributed by atoms with Crippen molar-refractivity contribution in [2.24, 2.45) is 9.98 Å². The van der Waals surface area contributed by atoms with Gasteiger partial charge in [0, 0.05) is 65.1 Å². The zero-order valence-electron chi connectivity index (χ0n) is 24.1. The Morgan fingerprint density at radius 1 is 0.884 bits per heavy atom. The molecule has 2 aromatic heterocycles. The summed E-state index contributed by atoms with van der Waals surface area (Å²) in [5.74, 6) is 0.935. The van der Waals surface area contributed by atoms with Crippen molar-refractivity contribution in [3.8, 4) is 11.1 Å². The van der Waals surface area contributed by atoms with Crippen LogP contribution in [0.25, 0.3) is 27.6 Å². The van der Waals surface area contributed by atoms with E-state index in [-0.39, 0.29) is 5.91 Å². The molecule has 3 N–H and O–H groups in total. The highest BCUT2D eigenvalue weighted by atomic mass is 16.1. The van der Waals surface area contributed by atoms with Crippen LogP contribution >= 0.6 is 0 Å². The lowest BCUT2D eigenvalue weighted by Crippen LogP contribution is -2.31. The van der Waals surface area contributed by atoms with Crippen molar-refractivity contribution in [2.45, 2.75) is 20.8 Å². The molecule has 9 heteroatoms. The molecule has 7 rings (SSSR count). The van der Waals surface area contributed by atoms with E-state index in [1.54, 1.807) is 6.07 Å². The average Bonchev–Trinajstić information content (AvgIpc) is 3.66. The second-order valence-electron chi connectivity index (χ2n) is 10.5. The maximum atomic E-state index is 13.5. The van der Waals surface area contributed by atoms with Gasteiger partial charge in [-0.1, -0.05) is 30.3 Å². The number of pyridine rings is 2. The summed E-state index contributed by atoms with van der Waals surface area (Å²) in [6.45, 7) is 8.13. The fourth-order valence-electron chi connectivity index (χ4n) is 5.66. The molecule has 9 nitrogen and oxygen atoms in total. The van der Waals surface area contributed by atoms with E-state index in [1.165, 1.54) is 0 Å². The molecule has 0 radical (unpaired) electrons. The lowest BCUT2D eigenvalue weighted by atomic mass is 10.0. The SMILES string of the molecule is CCN(CC)c1ccc(NC(=O)c2cccc3c2=N/C(=C2/NNc4ncc(-c5cncc6ccccc56)cc42)N=3)c(C)c1. The Morgan fingerprint density at radius 2 is 1.74 bits per heavy atom. The molecule has 5 aromatic rings. The van der Waals surface area contributed by atoms with Gasteiger partial charge >= 0.3 is 0 Å². The number of amides is 1. The first kappa shape index (κ1) is 26.3. The fraction of sp³-hybridized carbons (Fsp3) is 0.147. The normalized spacial score (nSPS) is 14.7. The van der Waals surface area contributed by atoms with Crippen molar-refractivity contribution in [2.75, 3.05) is 28.7 Å². The molecule has 2 aliphatic rings. The summed E-state index contributed by atoms with van der Waals surface area (Å²) in [4.78, 5) is 34.5. The van der Waals surface area contributed by atoms with Gasteiger partial charge < -0.3 is 10.2 Å². The molecule has 4 heterocycles. The summed E-state index contributed by atoms with van der Waals surface area (Å²) in [6, 6.07) is 21.8. The Labute approximate surface area is 248 Å². The summed E-state index contributed by atoms with van der Waals surface area (Å²) >= 11 is 0. The van der Waals surface area contributed by atoms with Crippen LogP contribution in [0, 0.1) is 6.92 Å². The van der Waals surface area contributed by atoms with E-state index >= 15 is 0 Å². The Balaban J connectivity index is 1.23. The summed E-state index contributed by atoms with van der Waals surface area (Å²) in [5.41, 5.74) is 13.2. The molecule has 2 aliphatic heterocycles. The van der Waals surface area contributed by atoms with Gasteiger partial charge in [0.15, 0.2) is 11.6 Å². The van der Waals surface area contributed by atoms with Crippen molar-refractivity contribution in [1.29, 1.82) is 0 Å². The van der Waals surface area contributed by atoms with Crippen LogP contribution in [0.5, 0.6) is 0 Å². The molecule has 3 aromatic carbocycles. The van der Waals surface area contributed by atoms with Gasteiger partial charge in [0.05, 0.1) is 10.9 Å². The van der Waals surface area contributed by atoms with Gasteiger partial charge in [-0.2, -0.15) is 0 Å². The van der Waals surface area contributed by atoms with E-state index in [4.69, 9.17) is 9.98 Å². The molecule has 43 heavy (non-hydrogen) atoms. The number of fused-ring (bicyclic) bond motifs is 3. The molecule has 0 fully saturated rings. The highest BCUT2D eigenvalue weighted by Gasteiger charge is 2.24. The number of rotatable bonds is 6. The van der Waals surface area contributed by atoms with Gasteiger partial charge in [-0.15, -0.1) is 0 Å². The van der Waals surface area contributed by atoms with Gasteiger partial charge in [-0.05, 0) is 68.1 Å². The van der Waals surface area contributed by atoms with Crippen LogP contribution in [0.15, 0.2) is 101 Å². The molecule has 0 saturated heterocycles. The minimum absolute atomic E-state index is 0.231. The Kier molecular flexibility index (Phi) is 6.54. The number of hydrogen-bond donors (Lipinski definition) is 3. The standard InChI is InChI=1S/C34H30N8O/c1-4-42(5-2)23-13-14-28(20(3)15-23)38-34(43)25-11-8-12-29-30(25)39-33(37-29)31-26-16-22(18-36-32(26)41-40-31)27-19-35-17-21-9-6-7-10-24(21)27/h6-19,40H,4-5H2,1-3H3,(H,36,41)(H,38,43)/b33-31+. The van der Waals surface area contributed by atoms with Crippen LogP contribution in [-0.2, 0) is 0 Å². The maximum absolute atomic E-state index is 13.5. The smallest absolute Gasteiger partial charge is 0.257 e. The van der Waals surface area contributed by atoms with Crippen molar-refractivity contribution < 1.29 is 4.79 Å². The third kappa shape index (κ3) is 4.64. The predicted molar refractivity (Wildman–Crippen MR) is 170 cm³/mol. The van der Waals surface area contributed by atoms with Crippen LogP contribution in [0.2, 0.25) is 0 Å². The number of carbonyl (C=O) groups is 1. The number of nitrogens with one attached hydrogen (secondary N) is 3. The van der Waals surface area contributed by atoms with E-state index in [0.29, 0.717) is 33.6 Å². The molecule has 0 atom stereocenters. The molecule has 0 aliphatic carbocycles. The number of aryl methyl sites for hydroxylation is 1. The number of nitrogens with zero attached hydrogens (tertiary/aromatic N) is 5. The largest absolute Gasteiger partial charge is 0.372 e. The summed E-state index contributed by atoms with van der Waals surface area (Å²) in [5, 5.41) is 6.42. The second-order valence-corrected chi connectivity index (χ2v) is 10.5. The van der Waals surface area contributed by atoms with E-state index in [1.807, 2.05) is 68.0 Å². The molecule has 212 valence electrons. The van der Waals surface area contributed by atoms with E-state index in [9.17, 15) is 4.79 Å². The fourth-order valence-corrected chi connectivity index (χ4v) is 5.66. The number of aromatic nitrogens is 2. The average molecular weight is 567 g/mol. The van der Waals surface area contributed by atoms with E-state index < -0.39 is 0 Å². The van der Waals surface area contributed by atoms with Gasteiger partial charge in [0.1, 0.15) is 11.1 Å². The zero-order chi connectivity index (χ0) is 29.5. The van der Waals surface area contributed by atoms with Crippen molar-refractivity contribution >= 4 is 39.6 Å². The van der Waals surface area contributed by atoms with E-state index in [0.717, 1.165) is 57.5 Å². The van der Waals surface area contributed by atoms with E-state index in [2.05, 4.69) is 63.1 Å². The minimum Gasteiger partial charge on any atom is -0.372 e. The molecule has 0 bridgehead atoms. The third-order valence-electron chi connectivity index (χ3n) is 7.96. The van der Waals surface area contributed by atoms with Crippen LogP contribution < -0.4 is 31.8 Å². The lowest BCUT2D eigenvalue weighted by molar-refractivity contribution is 0.102. The number of carbonyl (C=O) groups excluding carboxylic acids is 1. The monoisotopic (exact) mass is 566 g/mol. The molecule has 0 saturated carbocycles. The first-order valence-electron chi connectivity index (χ1n) is 14.4. The van der Waals surface area contributed by atoms with Crippen LogP contribution in [0.4, 0.5) is 17.2 Å². The first-order chi connectivity index (χ1) is 21.0. The van der Waals surface area contributed by atoms with Gasteiger partial charge in [0.25, 0.3) is 5.91 Å². The number of hydrogen-bond acceptors (Lipinski definition) is 8. The number of benzene rings is 3. The summed E-state index contributed by atoms with van der Waals surface area (Å²) < 4.78 is 0. The maximum Gasteiger partial charge on any atom is 0.257 e. The van der Waals surface area contributed by atoms with Crippen molar-refractivity contribution in [1.82, 2.24) is 15.4 Å². The highest BCUT2D eigenvalue weighted by Crippen LogP contribution is 2.34. The third-order valence-corrected chi connectivity index (χ3v) is 7.96. The second kappa shape index (κ2) is 10.7. The van der Waals surface area contributed by atoms with Crippen LogP contribution in [0.1, 0.15) is 35.3 Å². The van der Waals surface area contributed by atoms with Crippen LogP contribution in [0.3, 0.4) is 0 Å². The molecule has 1 amide bonds. The van der Waals surface area contributed by atoms with Crippen LogP contribution in [-0.4, -0.2) is 29.0 Å². The van der Waals surface area contributed by atoms with Crippen molar-refractivity contribution in [3.63, 3.8) is 0 Å². The highest BCUT2D eigenvalue weighted by molar-refractivity contribution is 6.04. The molecular weight excluding hydrogens is 536 g/mol. The lowest BCUT2D eigenvalue weighted by Gasteiger charge is -2.22. The van der Waals surface area contributed by atoms with Gasteiger partial charge in [-0.25, -0.2) is 15.0 Å². The number of para-hydroxylation sites is 1. The Hall–Kier alpha value is -5.57. The Bertz CT molecular complexity index is 2080. The number of anilines is 3. The molecule has 0 spiro atoms. The topological polar surface area (TPSA) is 107 Å². The summed E-state index contributed by atoms with van der Waals surface area (Å²) in [7, 11) is 0. The minimum atomic E-state index is -0.231. The Morgan fingerprint density at radius 3 is 2.58 bits per heavy atom. The van der Waals surface area contributed by atoms with Crippen molar-refractivity contribution in [3.05, 3.63) is 119 Å². The quantitative estimate of drug-likeness (QED) is 0.260. The zero-order valence-corrected chi connectivity index (χ0v) is 24.1. The molecular formula is C34H30N8O. The first-order valence-corrected chi connectivity index (χ1v) is 14.4. The van der Waals surface area contributed by atoms with Gasteiger partial charge in [-0.3, -0.25) is 20.6 Å². The molecule has 0 unspecified atom stereocenters. The number of hydrazine groups is 1. The predicted octanol–water partition coefficient (Wildman–Crippen LogP) is 5.21.